The van der Waals surface area contributed by atoms with Gasteiger partial charge >= 0.3 is 0 Å². The number of hydrogen-bond donors (Lipinski definition) is 2. The highest BCUT2D eigenvalue weighted by atomic mass is 32.2. The number of nitrogens with two attached hydrogens (primary N) is 1. The molecule has 0 fully saturated rings. The zero-order chi connectivity index (χ0) is 14.7. The van der Waals surface area contributed by atoms with Gasteiger partial charge in [-0.2, -0.15) is 4.98 Å². The summed E-state index contributed by atoms with van der Waals surface area (Å²) in [6, 6.07) is 5.80. The topological polar surface area (TPSA) is 73.1 Å². The number of aryl methyl sites for hydroxylation is 2. The summed E-state index contributed by atoms with van der Waals surface area (Å²) in [5, 5.41) is 0.609. The zero-order valence-corrected chi connectivity index (χ0v) is 12.8. The number of nitrogens with one attached hydrogen (secondary N) is 1. The molecule has 0 aliphatic rings. The van der Waals surface area contributed by atoms with Crippen LogP contribution >= 0.6 is 11.8 Å². The molecule has 0 bridgehead atoms. The molecule has 5 nitrogen and oxygen atoms in total. The molecule has 0 saturated carbocycles. The Kier molecular flexibility index (Phi) is 4.46. The highest BCUT2D eigenvalue weighted by molar-refractivity contribution is 7.98. The molecule has 3 N–H and O–H groups in total. The molecule has 1 heterocycles. The van der Waals surface area contributed by atoms with Crippen LogP contribution in [0.3, 0.4) is 0 Å². The molecular formula is C14H18N4OS. The van der Waals surface area contributed by atoms with Gasteiger partial charge in [0, 0.05) is 6.07 Å². The van der Waals surface area contributed by atoms with E-state index in [4.69, 9.17) is 10.6 Å². The summed E-state index contributed by atoms with van der Waals surface area (Å²) in [5.74, 6) is 7.22. The van der Waals surface area contributed by atoms with Gasteiger partial charge < -0.3 is 10.2 Å². The number of anilines is 1. The molecule has 0 aliphatic carbocycles. The van der Waals surface area contributed by atoms with Crippen molar-refractivity contribution in [3.8, 4) is 11.6 Å². The van der Waals surface area contributed by atoms with Crippen molar-refractivity contribution >= 4 is 17.6 Å². The van der Waals surface area contributed by atoms with Gasteiger partial charge in [0.2, 0.25) is 5.88 Å². The lowest BCUT2D eigenvalue weighted by atomic mass is 10.1. The summed E-state index contributed by atoms with van der Waals surface area (Å²) in [7, 11) is 0. The van der Waals surface area contributed by atoms with Crippen LogP contribution in [0.15, 0.2) is 23.4 Å². The minimum atomic E-state index is 0.477. The maximum Gasteiger partial charge on any atom is 0.225 e. The standard InChI is InChI=1S/C14H18N4OS/c1-8-5-9(2)10(3)11(6-8)19-13-7-12(18-15)16-14(17-13)20-4/h5-7H,15H2,1-4H3,(H,16,17,18). The van der Waals surface area contributed by atoms with Crippen LogP contribution in [0, 0.1) is 20.8 Å². The van der Waals surface area contributed by atoms with Gasteiger partial charge in [-0.3, -0.25) is 0 Å². The van der Waals surface area contributed by atoms with Crippen LogP contribution in [0.25, 0.3) is 0 Å². The number of thioether (sulfide) groups is 1. The van der Waals surface area contributed by atoms with Crippen molar-refractivity contribution in [3.63, 3.8) is 0 Å². The first-order chi connectivity index (χ1) is 9.53. The Bertz CT molecular complexity index is 609. The number of nitrogens with zero attached hydrogens (tertiary/aromatic N) is 2. The molecule has 6 heteroatoms. The number of hydrogen-bond acceptors (Lipinski definition) is 6. The summed E-state index contributed by atoms with van der Waals surface area (Å²) in [6.07, 6.45) is 1.90. The molecule has 0 saturated heterocycles. The number of benzene rings is 1. The van der Waals surface area contributed by atoms with Crippen LogP contribution in [0.5, 0.6) is 11.6 Å². The van der Waals surface area contributed by atoms with Crippen molar-refractivity contribution in [2.75, 3.05) is 11.7 Å². The third kappa shape index (κ3) is 3.20. The highest BCUT2D eigenvalue weighted by Gasteiger charge is 2.09. The van der Waals surface area contributed by atoms with Gasteiger partial charge in [0.1, 0.15) is 11.6 Å². The Balaban J connectivity index is 2.39. The number of aromatic nitrogens is 2. The SMILES string of the molecule is CSc1nc(NN)cc(Oc2cc(C)cc(C)c2C)n1. The van der Waals surface area contributed by atoms with E-state index in [0.717, 1.165) is 16.9 Å². The van der Waals surface area contributed by atoms with Crippen LogP contribution in [0.4, 0.5) is 5.82 Å². The fourth-order valence-electron chi connectivity index (χ4n) is 1.84. The van der Waals surface area contributed by atoms with Gasteiger partial charge in [-0.25, -0.2) is 10.8 Å². The molecule has 1 aromatic carbocycles. The van der Waals surface area contributed by atoms with Crippen LogP contribution in [0.1, 0.15) is 16.7 Å². The maximum atomic E-state index is 5.90. The van der Waals surface area contributed by atoms with Crippen molar-refractivity contribution in [1.82, 2.24) is 9.97 Å². The van der Waals surface area contributed by atoms with E-state index in [0.29, 0.717) is 16.9 Å². The maximum absolute atomic E-state index is 5.90. The molecule has 106 valence electrons. The molecule has 0 aliphatic heterocycles. The van der Waals surface area contributed by atoms with Crippen LogP contribution in [0.2, 0.25) is 0 Å². The lowest BCUT2D eigenvalue weighted by Gasteiger charge is -2.12. The first kappa shape index (κ1) is 14.6. The number of rotatable bonds is 4. The monoisotopic (exact) mass is 290 g/mol. The van der Waals surface area contributed by atoms with E-state index in [1.807, 2.05) is 26.2 Å². The molecule has 20 heavy (non-hydrogen) atoms. The highest BCUT2D eigenvalue weighted by Crippen LogP contribution is 2.29. The summed E-state index contributed by atoms with van der Waals surface area (Å²) in [4.78, 5) is 8.53. The van der Waals surface area contributed by atoms with Gasteiger partial charge in [0.05, 0.1) is 0 Å². The third-order valence-corrected chi connectivity index (χ3v) is 3.54. The molecule has 0 spiro atoms. The van der Waals surface area contributed by atoms with Crippen molar-refractivity contribution in [2.24, 2.45) is 5.84 Å². The summed E-state index contributed by atoms with van der Waals surface area (Å²) in [5.41, 5.74) is 5.96. The van der Waals surface area contributed by atoms with Crippen LogP contribution in [-0.4, -0.2) is 16.2 Å². The second-order valence-electron chi connectivity index (χ2n) is 4.53. The lowest BCUT2D eigenvalue weighted by Crippen LogP contribution is -2.09. The van der Waals surface area contributed by atoms with Gasteiger partial charge in [-0.15, -0.1) is 0 Å². The predicted molar refractivity (Wildman–Crippen MR) is 82.4 cm³/mol. The second-order valence-corrected chi connectivity index (χ2v) is 5.30. The van der Waals surface area contributed by atoms with Gasteiger partial charge in [0.25, 0.3) is 0 Å². The van der Waals surface area contributed by atoms with Gasteiger partial charge in [-0.1, -0.05) is 17.8 Å². The Hall–Kier alpha value is -1.79. The normalized spacial score (nSPS) is 10.4. The Labute approximate surface area is 122 Å². The Morgan fingerprint density at radius 1 is 1.15 bits per heavy atom. The molecule has 0 unspecified atom stereocenters. The van der Waals surface area contributed by atoms with Crippen molar-refractivity contribution in [2.45, 2.75) is 25.9 Å². The van der Waals surface area contributed by atoms with E-state index in [2.05, 4.69) is 28.4 Å². The quantitative estimate of drug-likeness (QED) is 0.390. The van der Waals surface area contributed by atoms with Crippen molar-refractivity contribution < 1.29 is 4.74 Å². The van der Waals surface area contributed by atoms with E-state index in [-0.39, 0.29) is 0 Å². The van der Waals surface area contributed by atoms with Crippen LogP contribution in [-0.2, 0) is 0 Å². The molecular weight excluding hydrogens is 272 g/mol. The first-order valence-electron chi connectivity index (χ1n) is 6.19. The molecule has 0 atom stereocenters. The van der Waals surface area contributed by atoms with E-state index < -0.39 is 0 Å². The average Bonchev–Trinajstić information content (AvgIpc) is 2.43. The summed E-state index contributed by atoms with van der Waals surface area (Å²) in [6.45, 7) is 6.14. The van der Waals surface area contributed by atoms with Gasteiger partial charge in [-0.05, 0) is 49.8 Å². The fraction of sp³-hybridized carbons (Fsp3) is 0.286. The van der Waals surface area contributed by atoms with Crippen molar-refractivity contribution in [3.05, 3.63) is 34.9 Å². The second kappa shape index (κ2) is 6.11. The number of ether oxygens (including phenoxy) is 1. The van der Waals surface area contributed by atoms with Crippen LogP contribution < -0.4 is 16.0 Å². The molecule has 2 rings (SSSR count). The molecule has 2 aromatic rings. The average molecular weight is 290 g/mol. The van der Waals surface area contributed by atoms with Gasteiger partial charge in [0.15, 0.2) is 5.16 Å². The minimum Gasteiger partial charge on any atom is -0.439 e. The first-order valence-corrected chi connectivity index (χ1v) is 7.41. The zero-order valence-electron chi connectivity index (χ0n) is 12.0. The summed E-state index contributed by atoms with van der Waals surface area (Å²) < 4.78 is 5.90. The Morgan fingerprint density at radius 3 is 2.55 bits per heavy atom. The Morgan fingerprint density at radius 2 is 1.90 bits per heavy atom. The van der Waals surface area contributed by atoms with E-state index in [9.17, 15) is 0 Å². The van der Waals surface area contributed by atoms with E-state index in [1.54, 1.807) is 6.07 Å². The van der Waals surface area contributed by atoms with E-state index in [1.165, 1.54) is 17.3 Å². The largest absolute Gasteiger partial charge is 0.439 e. The molecule has 0 amide bonds. The minimum absolute atomic E-state index is 0.477. The third-order valence-electron chi connectivity index (χ3n) is 2.99. The molecule has 1 aromatic heterocycles. The van der Waals surface area contributed by atoms with Crippen molar-refractivity contribution in [1.29, 1.82) is 0 Å². The number of nitrogen functional groups attached to an aromatic ring is 1. The predicted octanol–water partition coefficient (Wildman–Crippen LogP) is 3.20. The fourth-order valence-corrected chi connectivity index (χ4v) is 2.21. The lowest BCUT2D eigenvalue weighted by molar-refractivity contribution is 0.452. The summed E-state index contributed by atoms with van der Waals surface area (Å²) >= 11 is 1.44. The smallest absolute Gasteiger partial charge is 0.225 e. The molecule has 0 radical (unpaired) electrons. The van der Waals surface area contributed by atoms with E-state index >= 15 is 0 Å². The number of hydrazine groups is 1.